The molecule has 1 aromatic carbocycles. The van der Waals surface area contributed by atoms with Gasteiger partial charge in [0.15, 0.2) is 0 Å². The fraction of sp³-hybridized carbons (Fsp3) is 0.333. The molecule has 0 bridgehead atoms. The van der Waals surface area contributed by atoms with Crippen LogP contribution in [0.15, 0.2) is 28.7 Å². The van der Waals surface area contributed by atoms with E-state index in [0.29, 0.717) is 6.54 Å². The summed E-state index contributed by atoms with van der Waals surface area (Å²) in [6, 6.07) is 7.51. The van der Waals surface area contributed by atoms with Crippen molar-refractivity contribution in [1.29, 1.82) is 0 Å². The van der Waals surface area contributed by atoms with Crippen molar-refractivity contribution >= 4 is 27.5 Å². The first kappa shape index (κ1) is 15.7. The van der Waals surface area contributed by atoms with Crippen molar-refractivity contribution < 1.29 is 4.79 Å². The number of benzene rings is 1. The zero-order valence-electron chi connectivity index (χ0n) is 12.4. The Bertz CT molecular complexity index is 634. The fourth-order valence-corrected chi connectivity index (χ4v) is 2.38. The minimum Gasteiger partial charge on any atom is -0.325 e. The zero-order valence-corrected chi connectivity index (χ0v) is 14.0. The van der Waals surface area contributed by atoms with Crippen LogP contribution in [0.3, 0.4) is 0 Å². The molecule has 2 N–H and O–H groups in total. The standard InChI is InChI=1S/C15H19BrN4O/c1-10-14(11(2)20(3)19-10)8-17-9-15(21)18-13-6-4-12(16)5-7-13/h4-7,17H,8-9H2,1-3H3,(H,18,21). The van der Waals surface area contributed by atoms with Gasteiger partial charge in [0.25, 0.3) is 0 Å². The molecule has 0 spiro atoms. The predicted octanol–water partition coefficient (Wildman–Crippen LogP) is 2.53. The lowest BCUT2D eigenvalue weighted by molar-refractivity contribution is -0.115. The van der Waals surface area contributed by atoms with E-state index in [1.54, 1.807) is 0 Å². The zero-order chi connectivity index (χ0) is 15.4. The number of hydrogen-bond acceptors (Lipinski definition) is 3. The SMILES string of the molecule is Cc1nn(C)c(C)c1CNCC(=O)Nc1ccc(Br)cc1. The highest BCUT2D eigenvalue weighted by Gasteiger charge is 2.09. The summed E-state index contributed by atoms with van der Waals surface area (Å²) in [4.78, 5) is 11.9. The summed E-state index contributed by atoms with van der Waals surface area (Å²) >= 11 is 3.36. The third kappa shape index (κ3) is 4.15. The molecule has 0 fully saturated rings. The second-order valence-corrected chi connectivity index (χ2v) is 5.85. The summed E-state index contributed by atoms with van der Waals surface area (Å²) in [6.07, 6.45) is 0. The van der Waals surface area contributed by atoms with Crippen molar-refractivity contribution in [3.63, 3.8) is 0 Å². The number of hydrogen-bond donors (Lipinski definition) is 2. The minimum atomic E-state index is -0.0588. The van der Waals surface area contributed by atoms with Gasteiger partial charge in [-0.3, -0.25) is 9.48 Å². The summed E-state index contributed by atoms with van der Waals surface area (Å²) in [6.45, 7) is 4.91. The van der Waals surface area contributed by atoms with E-state index in [0.717, 1.165) is 27.1 Å². The normalized spacial score (nSPS) is 10.7. The number of aryl methyl sites for hydroxylation is 2. The smallest absolute Gasteiger partial charge is 0.238 e. The van der Waals surface area contributed by atoms with Gasteiger partial charge in [-0.05, 0) is 38.1 Å². The lowest BCUT2D eigenvalue weighted by atomic mass is 10.2. The second kappa shape index (κ2) is 6.87. The van der Waals surface area contributed by atoms with E-state index in [2.05, 4.69) is 31.7 Å². The van der Waals surface area contributed by atoms with Gasteiger partial charge in [0.2, 0.25) is 5.91 Å². The quantitative estimate of drug-likeness (QED) is 0.870. The summed E-state index contributed by atoms with van der Waals surface area (Å²) in [5.41, 5.74) is 4.05. The van der Waals surface area contributed by atoms with Crippen LogP contribution in [-0.4, -0.2) is 22.2 Å². The van der Waals surface area contributed by atoms with Crippen molar-refractivity contribution in [1.82, 2.24) is 15.1 Å². The number of amides is 1. The van der Waals surface area contributed by atoms with Crippen LogP contribution in [0.2, 0.25) is 0 Å². The van der Waals surface area contributed by atoms with Crippen LogP contribution >= 0.6 is 15.9 Å². The Kier molecular flexibility index (Phi) is 5.14. The van der Waals surface area contributed by atoms with Crippen molar-refractivity contribution in [2.45, 2.75) is 20.4 Å². The molecule has 0 atom stereocenters. The van der Waals surface area contributed by atoms with Crippen LogP contribution in [0.5, 0.6) is 0 Å². The van der Waals surface area contributed by atoms with Crippen LogP contribution in [0.25, 0.3) is 0 Å². The molecular weight excluding hydrogens is 332 g/mol. The molecule has 0 aliphatic rings. The largest absolute Gasteiger partial charge is 0.325 e. The first-order valence-corrected chi connectivity index (χ1v) is 7.52. The highest BCUT2D eigenvalue weighted by Crippen LogP contribution is 2.14. The van der Waals surface area contributed by atoms with Gasteiger partial charge in [0, 0.05) is 35.0 Å². The van der Waals surface area contributed by atoms with Gasteiger partial charge in [-0.1, -0.05) is 15.9 Å². The van der Waals surface area contributed by atoms with Crippen molar-refractivity contribution in [2.24, 2.45) is 7.05 Å². The molecule has 2 rings (SSSR count). The maximum atomic E-state index is 11.9. The van der Waals surface area contributed by atoms with E-state index < -0.39 is 0 Å². The molecule has 0 unspecified atom stereocenters. The Morgan fingerprint density at radius 3 is 2.52 bits per heavy atom. The van der Waals surface area contributed by atoms with Crippen LogP contribution in [0, 0.1) is 13.8 Å². The maximum absolute atomic E-state index is 11.9. The van der Waals surface area contributed by atoms with Gasteiger partial charge in [-0.15, -0.1) is 0 Å². The van der Waals surface area contributed by atoms with E-state index in [1.807, 2.05) is 49.8 Å². The Morgan fingerprint density at radius 2 is 1.95 bits per heavy atom. The maximum Gasteiger partial charge on any atom is 0.238 e. The highest BCUT2D eigenvalue weighted by atomic mass is 79.9. The molecule has 1 amide bonds. The first-order chi connectivity index (χ1) is 9.97. The number of nitrogens with zero attached hydrogens (tertiary/aromatic N) is 2. The minimum absolute atomic E-state index is 0.0588. The summed E-state index contributed by atoms with van der Waals surface area (Å²) in [5, 5.41) is 10.4. The molecule has 0 saturated carbocycles. The van der Waals surface area contributed by atoms with Gasteiger partial charge >= 0.3 is 0 Å². The first-order valence-electron chi connectivity index (χ1n) is 6.72. The molecule has 0 aliphatic carbocycles. The number of carbonyl (C=O) groups is 1. The van der Waals surface area contributed by atoms with E-state index in [1.165, 1.54) is 0 Å². The van der Waals surface area contributed by atoms with Crippen LogP contribution < -0.4 is 10.6 Å². The number of carbonyl (C=O) groups excluding carboxylic acids is 1. The van der Waals surface area contributed by atoms with Gasteiger partial charge in [0.05, 0.1) is 12.2 Å². The average molecular weight is 351 g/mol. The summed E-state index contributed by atoms with van der Waals surface area (Å²) in [5.74, 6) is -0.0588. The van der Waals surface area contributed by atoms with Gasteiger partial charge in [-0.25, -0.2) is 0 Å². The van der Waals surface area contributed by atoms with Crippen LogP contribution in [-0.2, 0) is 18.4 Å². The van der Waals surface area contributed by atoms with Crippen molar-refractivity contribution in [3.05, 3.63) is 45.7 Å². The van der Waals surface area contributed by atoms with E-state index in [-0.39, 0.29) is 12.5 Å². The molecule has 21 heavy (non-hydrogen) atoms. The number of rotatable bonds is 5. The highest BCUT2D eigenvalue weighted by molar-refractivity contribution is 9.10. The number of nitrogens with one attached hydrogen (secondary N) is 2. The Balaban J connectivity index is 1.83. The van der Waals surface area contributed by atoms with E-state index in [9.17, 15) is 4.79 Å². The Labute approximate surface area is 132 Å². The lowest BCUT2D eigenvalue weighted by Crippen LogP contribution is -2.28. The molecular formula is C15H19BrN4O. The Morgan fingerprint density at radius 1 is 1.29 bits per heavy atom. The third-order valence-corrected chi connectivity index (χ3v) is 3.90. The molecule has 5 nitrogen and oxygen atoms in total. The number of halogens is 1. The fourth-order valence-electron chi connectivity index (χ4n) is 2.11. The predicted molar refractivity (Wildman–Crippen MR) is 87.2 cm³/mol. The van der Waals surface area contributed by atoms with E-state index >= 15 is 0 Å². The van der Waals surface area contributed by atoms with Gasteiger partial charge in [-0.2, -0.15) is 5.10 Å². The number of aromatic nitrogens is 2. The monoisotopic (exact) mass is 350 g/mol. The molecule has 112 valence electrons. The summed E-state index contributed by atoms with van der Waals surface area (Å²) < 4.78 is 2.84. The lowest BCUT2D eigenvalue weighted by Gasteiger charge is -2.07. The molecule has 1 heterocycles. The molecule has 0 radical (unpaired) electrons. The van der Waals surface area contributed by atoms with Crippen LogP contribution in [0.4, 0.5) is 5.69 Å². The van der Waals surface area contributed by atoms with Crippen LogP contribution in [0.1, 0.15) is 17.0 Å². The molecule has 6 heteroatoms. The summed E-state index contributed by atoms with van der Waals surface area (Å²) in [7, 11) is 1.92. The van der Waals surface area contributed by atoms with Gasteiger partial charge < -0.3 is 10.6 Å². The molecule has 0 aliphatic heterocycles. The topological polar surface area (TPSA) is 59.0 Å². The average Bonchev–Trinajstić information content (AvgIpc) is 2.68. The van der Waals surface area contributed by atoms with Crippen molar-refractivity contribution in [2.75, 3.05) is 11.9 Å². The van der Waals surface area contributed by atoms with Gasteiger partial charge in [0.1, 0.15) is 0 Å². The molecule has 1 aromatic heterocycles. The van der Waals surface area contributed by atoms with E-state index in [4.69, 9.17) is 0 Å². The third-order valence-electron chi connectivity index (χ3n) is 3.37. The van der Waals surface area contributed by atoms with Crippen molar-refractivity contribution in [3.8, 4) is 0 Å². The second-order valence-electron chi connectivity index (χ2n) is 4.93. The molecule has 0 saturated heterocycles. The Hall–Kier alpha value is -1.66. The number of anilines is 1. The molecule has 2 aromatic rings.